The molecule has 0 bridgehead atoms. The molecule has 0 spiro atoms. The molecule has 2 aromatic heterocycles. The molecule has 4 nitrogen and oxygen atoms in total. The van der Waals surface area contributed by atoms with E-state index >= 15 is 0 Å². The number of aromatic nitrogens is 2. The first-order valence-corrected chi connectivity index (χ1v) is 6.63. The van der Waals surface area contributed by atoms with Gasteiger partial charge in [-0.3, -0.25) is 0 Å². The SMILES string of the molecule is CCCNC(Cc1ncc[nH]1)c1ccoc1CC. The number of hydrogen-bond donors (Lipinski definition) is 2. The summed E-state index contributed by atoms with van der Waals surface area (Å²) in [6, 6.07) is 2.33. The van der Waals surface area contributed by atoms with Crippen LogP contribution in [0.5, 0.6) is 0 Å². The predicted octanol–water partition coefficient (Wildman–Crippen LogP) is 2.85. The Morgan fingerprint density at radius 3 is 3.00 bits per heavy atom. The highest BCUT2D eigenvalue weighted by Crippen LogP contribution is 2.22. The van der Waals surface area contributed by atoms with Crippen LogP contribution in [0.3, 0.4) is 0 Å². The third kappa shape index (κ3) is 3.01. The lowest BCUT2D eigenvalue weighted by atomic mass is 10.0. The van der Waals surface area contributed by atoms with Gasteiger partial charge < -0.3 is 14.7 Å². The Labute approximate surface area is 108 Å². The van der Waals surface area contributed by atoms with Crippen molar-refractivity contribution >= 4 is 0 Å². The van der Waals surface area contributed by atoms with E-state index in [1.54, 1.807) is 12.5 Å². The average molecular weight is 247 g/mol. The maximum atomic E-state index is 5.52. The van der Waals surface area contributed by atoms with Gasteiger partial charge in [0.1, 0.15) is 11.6 Å². The van der Waals surface area contributed by atoms with Crippen LogP contribution in [0.25, 0.3) is 0 Å². The van der Waals surface area contributed by atoms with Gasteiger partial charge in [-0.25, -0.2) is 4.98 Å². The zero-order chi connectivity index (χ0) is 12.8. The van der Waals surface area contributed by atoms with Gasteiger partial charge in [0, 0.05) is 36.8 Å². The van der Waals surface area contributed by atoms with Gasteiger partial charge in [0.15, 0.2) is 0 Å². The van der Waals surface area contributed by atoms with Gasteiger partial charge in [-0.1, -0.05) is 13.8 Å². The third-order valence-corrected chi connectivity index (χ3v) is 3.07. The number of aryl methyl sites for hydroxylation is 1. The molecule has 0 aliphatic carbocycles. The lowest BCUT2D eigenvalue weighted by molar-refractivity contribution is 0.478. The molecule has 0 saturated heterocycles. The summed E-state index contributed by atoms with van der Waals surface area (Å²) in [6.07, 6.45) is 8.33. The van der Waals surface area contributed by atoms with Crippen LogP contribution in [0.1, 0.15) is 43.5 Å². The summed E-state index contributed by atoms with van der Waals surface area (Å²) in [5.41, 5.74) is 1.25. The molecule has 18 heavy (non-hydrogen) atoms. The highest BCUT2D eigenvalue weighted by atomic mass is 16.3. The summed E-state index contributed by atoms with van der Waals surface area (Å²) < 4.78 is 5.52. The number of nitrogens with zero attached hydrogens (tertiary/aromatic N) is 1. The molecule has 2 heterocycles. The molecule has 4 heteroatoms. The van der Waals surface area contributed by atoms with E-state index in [1.807, 2.05) is 6.20 Å². The summed E-state index contributed by atoms with van der Waals surface area (Å²) in [5, 5.41) is 3.56. The van der Waals surface area contributed by atoms with Gasteiger partial charge >= 0.3 is 0 Å². The molecule has 2 rings (SSSR count). The first kappa shape index (κ1) is 12.9. The minimum absolute atomic E-state index is 0.268. The average Bonchev–Trinajstić information content (AvgIpc) is 3.04. The van der Waals surface area contributed by atoms with E-state index in [0.717, 1.165) is 37.4 Å². The summed E-state index contributed by atoms with van der Waals surface area (Å²) in [7, 11) is 0. The van der Waals surface area contributed by atoms with Crippen LogP contribution in [0.4, 0.5) is 0 Å². The minimum Gasteiger partial charge on any atom is -0.469 e. The molecule has 1 atom stereocenters. The molecule has 0 fully saturated rings. The molecular formula is C14H21N3O. The van der Waals surface area contributed by atoms with Crippen LogP contribution < -0.4 is 5.32 Å². The van der Waals surface area contributed by atoms with Crippen LogP contribution in [-0.4, -0.2) is 16.5 Å². The lowest BCUT2D eigenvalue weighted by Gasteiger charge is -2.17. The maximum absolute atomic E-state index is 5.52. The van der Waals surface area contributed by atoms with Crippen molar-refractivity contribution in [1.29, 1.82) is 0 Å². The number of furan rings is 1. The topological polar surface area (TPSA) is 53.9 Å². The second kappa shape index (κ2) is 6.40. The molecule has 0 aliphatic rings. The first-order valence-electron chi connectivity index (χ1n) is 6.63. The van der Waals surface area contributed by atoms with Crippen LogP contribution in [0, 0.1) is 0 Å². The van der Waals surface area contributed by atoms with E-state index in [2.05, 4.69) is 35.2 Å². The van der Waals surface area contributed by atoms with Gasteiger partial charge in [-0.05, 0) is 19.0 Å². The van der Waals surface area contributed by atoms with Gasteiger partial charge in [-0.2, -0.15) is 0 Å². The van der Waals surface area contributed by atoms with Crippen molar-refractivity contribution < 1.29 is 4.42 Å². The van der Waals surface area contributed by atoms with Crippen LogP contribution in [0.2, 0.25) is 0 Å². The Morgan fingerprint density at radius 2 is 2.33 bits per heavy atom. The second-order valence-electron chi connectivity index (χ2n) is 4.40. The first-order chi connectivity index (χ1) is 8.85. The molecule has 0 amide bonds. The van der Waals surface area contributed by atoms with E-state index in [9.17, 15) is 0 Å². The quantitative estimate of drug-likeness (QED) is 0.791. The summed E-state index contributed by atoms with van der Waals surface area (Å²) in [6.45, 7) is 5.29. The van der Waals surface area contributed by atoms with E-state index in [4.69, 9.17) is 4.42 Å². The van der Waals surface area contributed by atoms with Crippen molar-refractivity contribution in [1.82, 2.24) is 15.3 Å². The number of hydrogen-bond acceptors (Lipinski definition) is 3. The van der Waals surface area contributed by atoms with Crippen molar-refractivity contribution in [2.45, 2.75) is 39.2 Å². The van der Waals surface area contributed by atoms with Crippen LogP contribution in [-0.2, 0) is 12.8 Å². The Hall–Kier alpha value is -1.55. The Morgan fingerprint density at radius 1 is 1.44 bits per heavy atom. The lowest BCUT2D eigenvalue weighted by Crippen LogP contribution is -2.25. The molecular weight excluding hydrogens is 226 g/mol. The largest absolute Gasteiger partial charge is 0.469 e. The Kier molecular flexibility index (Phi) is 4.59. The van der Waals surface area contributed by atoms with Gasteiger partial charge in [-0.15, -0.1) is 0 Å². The highest BCUT2D eigenvalue weighted by molar-refractivity contribution is 5.22. The molecule has 98 valence electrons. The van der Waals surface area contributed by atoms with E-state index in [-0.39, 0.29) is 6.04 Å². The Bertz CT molecular complexity index is 447. The zero-order valence-electron chi connectivity index (χ0n) is 11.1. The van der Waals surface area contributed by atoms with E-state index < -0.39 is 0 Å². The normalized spacial score (nSPS) is 12.8. The zero-order valence-corrected chi connectivity index (χ0v) is 11.1. The van der Waals surface area contributed by atoms with E-state index in [1.165, 1.54) is 5.56 Å². The summed E-state index contributed by atoms with van der Waals surface area (Å²) in [4.78, 5) is 7.47. The second-order valence-corrected chi connectivity index (χ2v) is 4.40. The minimum atomic E-state index is 0.268. The van der Waals surface area contributed by atoms with Crippen molar-refractivity contribution in [2.75, 3.05) is 6.54 Å². The fourth-order valence-electron chi connectivity index (χ4n) is 2.16. The van der Waals surface area contributed by atoms with E-state index in [0.29, 0.717) is 0 Å². The summed E-state index contributed by atoms with van der Waals surface area (Å²) in [5.74, 6) is 2.07. The number of H-pyrrole nitrogens is 1. The molecule has 2 aromatic rings. The van der Waals surface area contributed by atoms with Crippen LogP contribution in [0.15, 0.2) is 29.1 Å². The monoisotopic (exact) mass is 247 g/mol. The van der Waals surface area contributed by atoms with Gasteiger partial charge in [0.25, 0.3) is 0 Å². The predicted molar refractivity (Wildman–Crippen MR) is 71.4 cm³/mol. The van der Waals surface area contributed by atoms with Gasteiger partial charge in [0.2, 0.25) is 0 Å². The third-order valence-electron chi connectivity index (χ3n) is 3.07. The molecule has 1 unspecified atom stereocenters. The fourth-order valence-corrected chi connectivity index (χ4v) is 2.16. The van der Waals surface area contributed by atoms with Gasteiger partial charge in [0.05, 0.1) is 6.26 Å². The smallest absolute Gasteiger partial charge is 0.108 e. The maximum Gasteiger partial charge on any atom is 0.108 e. The van der Waals surface area contributed by atoms with Crippen LogP contribution >= 0.6 is 0 Å². The summed E-state index contributed by atoms with van der Waals surface area (Å²) >= 11 is 0. The number of rotatable bonds is 7. The molecule has 0 saturated carbocycles. The molecule has 0 radical (unpaired) electrons. The number of nitrogens with one attached hydrogen (secondary N) is 2. The fraction of sp³-hybridized carbons (Fsp3) is 0.500. The van der Waals surface area contributed by atoms with Crippen molar-refractivity contribution in [2.24, 2.45) is 0 Å². The standard InChI is InChI=1S/C14H21N3O/c1-3-6-15-12(10-14-16-7-8-17-14)11-5-9-18-13(11)4-2/h5,7-9,12,15H,3-4,6,10H2,1-2H3,(H,16,17). The van der Waals surface area contributed by atoms with Crippen molar-refractivity contribution in [3.63, 3.8) is 0 Å². The number of aromatic amines is 1. The Balaban J connectivity index is 2.14. The highest BCUT2D eigenvalue weighted by Gasteiger charge is 2.17. The van der Waals surface area contributed by atoms with Crippen molar-refractivity contribution in [3.8, 4) is 0 Å². The van der Waals surface area contributed by atoms with Crippen molar-refractivity contribution in [3.05, 3.63) is 41.9 Å². The molecule has 2 N–H and O–H groups in total. The number of imidazole rings is 1. The molecule has 0 aromatic carbocycles. The molecule has 0 aliphatic heterocycles.